The summed E-state index contributed by atoms with van der Waals surface area (Å²) in [5.41, 5.74) is 3.34. The molecule has 1 fully saturated rings. The van der Waals surface area contributed by atoms with Crippen LogP contribution in [-0.4, -0.2) is 41.7 Å². The first-order valence-corrected chi connectivity index (χ1v) is 12.1. The largest absolute Gasteiger partial charge is 0.457 e. The average molecular weight is 519 g/mol. The number of carbonyl (C=O) groups excluding carboxylic acids is 2. The molecule has 1 atom stereocenters. The molecule has 0 amide bonds. The molecule has 4 aromatic rings. The summed E-state index contributed by atoms with van der Waals surface area (Å²) in [4.78, 5) is 37.5. The number of ketones is 1. The lowest BCUT2D eigenvalue weighted by Gasteiger charge is -2.14. The van der Waals surface area contributed by atoms with E-state index >= 15 is 0 Å². The lowest BCUT2D eigenvalue weighted by Crippen LogP contribution is -2.15. The van der Waals surface area contributed by atoms with Gasteiger partial charge in [-0.15, -0.1) is 5.10 Å². The van der Waals surface area contributed by atoms with Crippen LogP contribution in [0, 0.1) is 11.8 Å². The van der Waals surface area contributed by atoms with Gasteiger partial charge in [-0.25, -0.2) is 9.37 Å². The van der Waals surface area contributed by atoms with E-state index in [-0.39, 0.29) is 24.2 Å². The van der Waals surface area contributed by atoms with E-state index in [4.69, 9.17) is 4.74 Å². The second kappa shape index (κ2) is 10.5. The summed E-state index contributed by atoms with van der Waals surface area (Å²) >= 11 is 0. The average Bonchev–Trinajstić information content (AvgIpc) is 3.70. The Balaban J connectivity index is 1.25. The van der Waals surface area contributed by atoms with Crippen LogP contribution in [0.3, 0.4) is 0 Å². The van der Waals surface area contributed by atoms with Crippen molar-refractivity contribution in [3.05, 3.63) is 88.8 Å². The molecule has 1 saturated carbocycles. The molecule has 4 aromatic heterocycles. The Morgan fingerprint density at radius 2 is 1.87 bits per heavy atom. The standard InChI is InChI=1S/C27H24F2N6O3/c1-15(20-10-19(28)14-32-27(20)29)38-25(37)11-23-26(33-34-35(23)2)22-8-6-18(13-31-22)24(36)9-16-3-7-21(30-12-16)17-4-5-17/h3,6-8,10,12-15,17H,4-5,9,11H2,1-2H3/t15-/m1/s1. The molecule has 0 N–H and O–H groups in total. The van der Waals surface area contributed by atoms with Gasteiger partial charge in [-0.3, -0.25) is 24.2 Å². The van der Waals surface area contributed by atoms with Crippen molar-refractivity contribution in [3.8, 4) is 11.4 Å². The molecule has 0 aliphatic heterocycles. The lowest BCUT2D eigenvalue weighted by molar-refractivity contribution is -0.148. The predicted octanol–water partition coefficient (Wildman–Crippen LogP) is 4.10. The van der Waals surface area contributed by atoms with Gasteiger partial charge in [-0.2, -0.15) is 4.39 Å². The summed E-state index contributed by atoms with van der Waals surface area (Å²) in [5, 5.41) is 8.07. The fourth-order valence-electron chi connectivity index (χ4n) is 4.08. The zero-order chi connectivity index (χ0) is 26.8. The maximum Gasteiger partial charge on any atom is 0.312 e. The Morgan fingerprint density at radius 1 is 1.05 bits per heavy atom. The minimum atomic E-state index is -1.06. The summed E-state index contributed by atoms with van der Waals surface area (Å²) in [6, 6.07) is 8.13. The van der Waals surface area contributed by atoms with Gasteiger partial charge in [-0.1, -0.05) is 11.3 Å². The van der Waals surface area contributed by atoms with Gasteiger partial charge in [0.1, 0.15) is 17.6 Å². The van der Waals surface area contributed by atoms with Crippen LogP contribution < -0.4 is 0 Å². The van der Waals surface area contributed by atoms with Crippen molar-refractivity contribution in [1.82, 2.24) is 29.9 Å². The van der Waals surface area contributed by atoms with Crippen molar-refractivity contribution >= 4 is 11.8 Å². The third-order valence-corrected chi connectivity index (χ3v) is 6.37. The smallest absolute Gasteiger partial charge is 0.312 e. The number of Topliss-reactive ketones (excluding diaryl/α,β-unsaturated/α-hetero) is 1. The van der Waals surface area contributed by atoms with Crippen molar-refractivity contribution in [2.75, 3.05) is 0 Å². The van der Waals surface area contributed by atoms with Gasteiger partial charge in [0.15, 0.2) is 5.78 Å². The zero-order valence-electron chi connectivity index (χ0n) is 20.8. The Hall–Kier alpha value is -4.41. The predicted molar refractivity (Wildman–Crippen MR) is 131 cm³/mol. The van der Waals surface area contributed by atoms with E-state index in [1.54, 1.807) is 25.4 Å². The molecule has 9 nitrogen and oxygen atoms in total. The van der Waals surface area contributed by atoms with E-state index in [0.717, 1.165) is 23.5 Å². The minimum absolute atomic E-state index is 0.0963. The van der Waals surface area contributed by atoms with Crippen LogP contribution >= 0.6 is 0 Å². The molecule has 0 saturated heterocycles. The van der Waals surface area contributed by atoms with E-state index in [1.807, 2.05) is 12.1 Å². The Kier molecular flexibility index (Phi) is 6.99. The highest BCUT2D eigenvalue weighted by Gasteiger charge is 2.25. The number of pyridine rings is 3. The third kappa shape index (κ3) is 5.61. The van der Waals surface area contributed by atoms with E-state index in [1.165, 1.54) is 30.6 Å². The molecule has 0 radical (unpaired) electrons. The SMILES string of the molecule is C[C@@H](OC(=O)Cc1c(-c2ccc(C(=O)Cc3ccc(C4CC4)nc3)cn2)nnn1C)c1cc(F)cnc1F. The van der Waals surface area contributed by atoms with Crippen LogP contribution in [-0.2, 0) is 29.4 Å². The summed E-state index contributed by atoms with van der Waals surface area (Å²) in [6.45, 7) is 1.43. The number of halogens is 2. The second-order valence-electron chi connectivity index (χ2n) is 9.25. The Morgan fingerprint density at radius 3 is 2.55 bits per heavy atom. The van der Waals surface area contributed by atoms with Gasteiger partial charge in [0.2, 0.25) is 5.95 Å². The number of ether oxygens (including phenoxy) is 1. The zero-order valence-corrected chi connectivity index (χ0v) is 20.8. The van der Waals surface area contributed by atoms with Gasteiger partial charge < -0.3 is 4.74 Å². The molecule has 0 spiro atoms. The topological polar surface area (TPSA) is 113 Å². The van der Waals surface area contributed by atoms with Crippen LogP contribution in [0.15, 0.2) is 48.9 Å². The quantitative estimate of drug-likeness (QED) is 0.185. The molecule has 194 valence electrons. The van der Waals surface area contributed by atoms with Crippen LogP contribution in [0.25, 0.3) is 11.4 Å². The van der Waals surface area contributed by atoms with Gasteiger partial charge in [-0.05, 0) is 49.6 Å². The first-order valence-electron chi connectivity index (χ1n) is 12.1. The summed E-state index contributed by atoms with van der Waals surface area (Å²) in [5.74, 6) is -1.89. The van der Waals surface area contributed by atoms with E-state index in [9.17, 15) is 18.4 Å². The normalized spacial score (nSPS) is 13.8. The van der Waals surface area contributed by atoms with Crippen molar-refractivity contribution < 1.29 is 23.1 Å². The molecule has 0 unspecified atom stereocenters. The minimum Gasteiger partial charge on any atom is -0.457 e. The summed E-state index contributed by atoms with van der Waals surface area (Å²) < 4.78 is 34.1. The number of carbonyl (C=O) groups is 2. The molecule has 5 rings (SSSR count). The molecular formula is C27H24F2N6O3. The highest BCUT2D eigenvalue weighted by Crippen LogP contribution is 2.38. The third-order valence-electron chi connectivity index (χ3n) is 6.37. The lowest BCUT2D eigenvalue weighted by atomic mass is 10.0. The number of aromatic nitrogens is 6. The molecule has 0 bridgehead atoms. The highest BCUT2D eigenvalue weighted by molar-refractivity contribution is 5.97. The second-order valence-corrected chi connectivity index (χ2v) is 9.25. The van der Waals surface area contributed by atoms with Crippen LogP contribution in [0.1, 0.15) is 64.7 Å². The Bertz CT molecular complexity index is 1480. The molecule has 11 heteroatoms. The maximum atomic E-state index is 13.9. The number of esters is 1. The van der Waals surface area contributed by atoms with E-state index in [0.29, 0.717) is 28.6 Å². The number of aryl methyl sites for hydroxylation is 1. The van der Waals surface area contributed by atoms with Crippen LogP contribution in [0.2, 0.25) is 0 Å². The van der Waals surface area contributed by atoms with Crippen molar-refractivity contribution in [1.29, 1.82) is 0 Å². The van der Waals surface area contributed by atoms with E-state index < -0.39 is 23.8 Å². The molecule has 38 heavy (non-hydrogen) atoms. The van der Waals surface area contributed by atoms with Gasteiger partial charge >= 0.3 is 5.97 Å². The summed E-state index contributed by atoms with van der Waals surface area (Å²) in [6.07, 6.45) is 5.21. The fourth-order valence-corrected chi connectivity index (χ4v) is 4.08. The number of hydrogen-bond donors (Lipinski definition) is 0. The van der Waals surface area contributed by atoms with Crippen molar-refractivity contribution in [2.45, 2.75) is 44.6 Å². The fraction of sp³-hybridized carbons (Fsp3) is 0.296. The molecular weight excluding hydrogens is 494 g/mol. The monoisotopic (exact) mass is 518 g/mol. The summed E-state index contributed by atoms with van der Waals surface area (Å²) in [7, 11) is 1.61. The van der Waals surface area contributed by atoms with Gasteiger partial charge in [0, 0.05) is 43.0 Å². The number of hydrogen-bond acceptors (Lipinski definition) is 8. The molecule has 4 heterocycles. The first-order chi connectivity index (χ1) is 18.3. The van der Waals surface area contributed by atoms with Gasteiger partial charge in [0.05, 0.1) is 29.6 Å². The molecule has 0 aromatic carbocycles. The van der Waals surface area contributed by atoms with Crippen molar-refractivity contribution in [2.24, 2.45) is 7.05 Å². The van der Waals surface area contributed by atoms with Crippen molar-refractivity contribution in [3.63, 3.8) is 0 Å². The number of nitrogens with zero attached hydrogens (tertiary/aromatic N) is 6. The van der Waals surface area contributed by atoms with Gasteiger partial charge in [0.25, 0.3) is 0 Å². The molecule has 1 aliphatic rings. The maximum absolute atomic E-state index is 13.9. The van der Waals surface area contributed by atoms with Crippen LogP contribution in [0.4, 0.5) is 8.78 Å². The molecule has 1 aliphatic carbocycles. The van der Waals surface area contributed by atoms with Crippen LogP contribution in [0.5, 0.6) is 0 Å². The highest BCUT2D eigenvalue weighted by atomic mass is 19.1. The first kappa shape index (κ1) is 25.2. The Labute approximate surface area is 216 Å². The van der Waals surface area contributed by atoms with E-state index in [2.05, 4.69) is 25.3 Å². The number of rotatable bonds is 9.